The zero-order chi connectivity index (χ0) is 15.5. The van der Waals surface area contributed by atoms with E-state index in [0.29, 0.717) is 5.13 Å². The SMILES string of the molecule is CC(C)S(=O)(=O)c1ccc(CC(=O)Nc2nccs2)cc1. The number of aromatic nitrogens is 1. The van der Waals surface area contributed by atoms with Gasteiger partial charge < -0.3 is 5.32 Å². The monoisotopic (exact) mass is 324 g/mol. The highest BCUT2D eigenvalue weighted by atomic mass is 32.2. The minimum absolute atomic E-state index is 0.176. The van der Waals surface area contributed by atoms with Gasteiger partial charge in [-0.1, -0.05) is 12.1 Å². The molecular formula is C14H16N2O3S2. The summed E-state index contributed by atoms with van der Waals surface area (Å²) in [6.45, 7) is 3.29. The lowest BCUT2D eigenvalue weighted by molar-refractivity contribution is -0.115. The van der Waals surface area contributed by atoms with Crippen molar-refractivity contribution in [3.63, 3.8) is 0 Å². The number of hydrogen-bond donors (Lipinski definition) is 1. The first-order valence-electron chi connectivity index (χ1n) is 6.42. The van der Waals surface area contributed by atoms with E-state index in [0.717, 1.165) is 5.56 Å². The molecule has 1 heterocycles. The molecule has 0 bridgehead atoms. The predicted molar refractivity (Wildman–Crippen MR) is 83.2 cm³/mol. The Hall–Kier alpha value is -1.73. The number of carbonyl (C=O) groups excluding carboxylic acids is 1. The quantitative estimate of drug-likeness (QED) is 0.917. The van der Waals surface area contributed by atoms with Crippen LogP contribution in [-0.4, -0.2) is 24.6 Å². The Morgan fingerprint density at radius 2 is 1.95 bits per heavy atom. The van der Waals surface area contributed by atoms with E-state index < -0.39 is 15.1 Å². The van der Waals surface area contributed by atoms with Crippen molar-refractivity contribution >= 4 is 32.2 Å². The van der Waals surface area contributed by atoms with Crippen molar-refractivity contribution in [2.75, 3.05) is 5.32 Å². The number of amides is 1. The number of anilines is 1. The molecule has 0 saturated heterocycles. The zero-order valence-electron chi connectivity index (χ0n) is 11.7. The number of sulfone groups is 1. The molecule has 0 aliphatic rings. The average Bonchev–Trinajstić information content (AvgIpc) is 2.91. The first kappa shape index (κ1) is 15.7. The van der Waals surface area contributed by atoms with Crippen LogP contribution in [0.4, 0.5) is 5.13 Å². The molecule has 1 amide bonds. The highest BCUT2D eigenvalue weighted by Crippen LogP contribution is 2.17. The summed E-state index contributed by atoms with van der Waals surface area (Å²) >= 11 is 1.35. The second-order valence-electron chi connectivity index (χ2n) is 4.80. The van der Waals surface area contributed by atoms with Crippen molar-refractivity contribution in [2.24, 2.45) is 0 Å². The lowest BCUT2D eigenvalue weighted by atomic mass is 10.1. The molecule has 21 heavy (non-hydrogen) atoms. The summed E-state index contributed by atoms with van der Waals surface area (Å²) in [6, 6.07) is 6.41. The number of nitrogens with zero attached hydrogens (tertiary/aromatic N) is 1. The van der Waals surface area contributed by atoms with Gasteiger partial charge in [0.2, 0.25) is 5.91 Å². The summed E-state index contributed by atoms with van der Waals surface area (Å²) in [5, 5.41) is 4.56. The van der Waals surface area contributed by atoms with Crippen molar-refractivity contribution in [2.45, 2.75) is 30.4 Å². The molecule has 0 atom stereocenters. The van der Waals surface area contributed by atoms with E-state index in [4.69, 9.17) is 0 Å². The van der Waals surface area contributed by atoms with Gasteiger partial charge in [-0.3, -0.25) is 4.79 Å². The minimum atomic E-state index is -3.27. The van der Waals surface area contributed by atoms with Gasteiger partial charge in [-0.25, -0.2) is 13.4 Å². The van der Waals surface area contributed by atoms with Crippen LogP contribution in [-0.2, 0) is 21.1 Å². The molecule has 0 spiro atoms. The topological polar surface area (TPSA) is 76.1 Å². The summed E-state index contributed by atoms with van der Waals surface area (Å²) in [6.07, 6.45) is 1.80. The molecule has 1 aromatic carbocycles. The van der Waals surface area contributed by atoms with Crippen LogP contribution in [0, 0.1) is 0 Å². The van der Waals surface area contributed by atoms with Crippen molar-refractivity contribution in [3.05, 3.63) is 41.4 Å². The Bertz CT molecular complexity index is 705. The van der Waals surface area contributed by atoms with Gasteiger partial charge in [0, 0.05) is 11.6 Å². The zero-order valence-corrected chi connectivity index (χ0v) is 13.4. The molecule has 1 aromatic heterocycles. The highest BCUT2D eigenvalue weighted by Gasteiger charge is 2.18. The molecule has 112 valence electrons. The normalized spacial score (nSPS) is 11.6. The van der Waals surface area contributed by atoms with Crippen LogP contribution in [0.3, 0.4) is 0 Å². The van der Waals surface area contributed by atoms with E-state index in [1.165, 1.54) is 11.3 Å². The fourth-order valence-electron chi connectivity index (χ4n) is 1.70. The van der Waals surface area contributed by atoms with Gasteiger partial charge in [0.05, 0.1) is 16.6 Å². The average molecular weight is 324 g/mol. The van der Waals surface area contributed by atoms with Gasteiger partial charge in [0.25, 0.3) is 0 Å². The summed E-state index contributed by atoms with van der Waals surface area (Å²) in [5.41, 5.74) is 0.756. The Kier molecular flexibility index (Phi) is 4.74. The Morgan fingerprint density at radius 3 is 2.48 bits per heavy atom. The lowest BCUT2D eigenvalue weighted by Crippen LogP contribution is -2.15. The smallest absolute Gasteiger partial charge is 0.230 e. The third-order valence-electron chi connectivity index (χ3n) is 2.92. The lowest BCUT2D eigenvalue weighted by Gasteiger charge is -2.08. The number of hydrogen-bond acceptors (Lipinski definition) is 5. The van der Waals surface area contributed by atoms with Crippen LogP contribution in [0.25, 0.3) is 0 Å². The van der Waals surface area contributed by atoms with Crippen LogP contribution in [0.2, 0.25) is 0 Å². The van der Waals surface area contributed by atoms with Crippen LogP contribution < -0.4 is 5.32 Å². The molecule has 0 aliphatic heterocycles. The second kappa shape index (κ2) is 6.36. The van der Waals surface area contributed by atoms with Crippen LogP contribution in [0.15, 0.2) is 40.7 Å². The van der Waals surface area contributed by atoms with Crippen LogP contribution in [0.1, 0.15) is 19.4 Å². The van der Waals surface area contributed by atoms with Crippen molar-refractivity contribution in [1.82, 2.24) is 4.98 Å². The molecule has 0 radical (unpaired) electrons. The summed E-state index contributed by atoms with van der Waals surface area (Å²) in [4.78, 5) is 16.1. The Balaban J connectivity index is 2.04. The maximum absolute atomic E-state index is 12.0. The van der Waals surface area contributed by atoms with E-state index in [2.05, 4.69) is 10.3 Å². The molecule has 0 saturated carbocycles. The minimum Gasteiger partial charge on any atom is -0.302 e. The van der Waals surface area contributed by atoms with Crippen LogP contribution >= 0.6 is 11.3 Å². The number of rotatable bonds is 5. The van der Waals surface area contributed by atoms with Gasteiger partial charge in [-0.05, 0) is 31.5 Å². The number of benzene rings is 1. The first-order chi connectivity index (χ1) is 9.89. The number of nitrogens with one attached hydrogen (secondary N) is 1. The second-order valence-corrected chi connectivity index (χ2v) is 8.20. The maximum Gasteiger partial charge on any atom is 0.230 e. The van der Waals surface area contributed by atoms with E-state index in [1.54, 1.807) is 49.7 Å². The van der Waals surface area contributed by atoms with Gasteiger partial charge in [-0.2, -0.15) is 0 Å². The van der Waals surface area contributed by atoms with E-state index in [1.807, 2.05) is 0 Å². The number of carbonyl (C=O) groups is 1. The molecule has 1 N–H and O–H groups in total. The molecule has 2 aromatic rings. The summed E-state index contributed by atoms with van der Waals surface area (Å²) in [5.74, 6) is -0.176. The van der Waals surface area contributed by atoms with Crippen molar-refractivity contribution < 1.29 is 13.2 Å². The first-order valence-corrected chi connectivity index (χ1v) is 8.84. The third-order valence-corrected chi connectivity index (χ3v) is 5.77. The summed E-state index contributed by atoms with van der Waals surface area (Å²) in [7, 11) is -3.27. The molecule has 2 rings (SSSR count). The Labute approximate surface area is 128 Å². The maximum atomic E-state index is 12.0. The van der Waals surface area contributed by atoms with E-state index >= 15 is 0 Å². The van der Waals surface area contributed by atoms with Crippen molar-refractivity contribution in [3.8, 4) is 0 Å². The van der Waals surface area contributed by atoms with Gasteiger partial charge in [-0.15, -0.1) is 11.3 Å². The molecular weight excluding hydrogens is 308 g/mol. The van der Waals surface area contributed by atoms with Gasteiger partial charge in [0.15, 0.2) is 15.0 Å². The van der Waals surface area contributed by atoms with Crippen LogP contribution in [0.5, 0.6) is 0 Å². The third kappa shape index (κ3) is 3.89. The largest absolute Gasteiger partial charge is 0.302 e. The standard InChI is InChI=1S/C14H16N2O3S2/c1-10(2)21(18,19)12-5-3-11(4-6-12)9-13(17)16-14-15-7-8-20-14/h3-8,10H,9H2,1-2H3,(H,15,16,17). The molecule has 0 fully saturated rings. The van der Waals surface area contributed by atoms with E-state index in [9.17, 15) is 13.2 Å². The summed E-state index contributed by atoms with van der Waals surface area (Å²) < 4.78 is 24.0. The molecule has 5 nitrogen and oxygen atoms in total. The Morgan fingerprint density at radius 1 is 1.29 bits per heavy atom. The molecule has 0 aliphatic carbocycles. The fourth-order valence-corrected chi connectivity index (χ4v) is 3.31. The molecule has 0 unspecified atom stereocenters. The molecule has 7 heteroatoms. The van der Waals surface area contributed by atoms with Gasteiger partial charge in [0.1, 0.15) is 0 Å². The van der Waals surface area contributed by atoms with Crippen molar-refractivity contribution in [1.29, 1.82) is 0 Å². The predicted octanol–water partition coefficient (Wildman–Crippen LogP) is 2.51. The number of thiazole rings is 1. The fraction of sp³-hybridized carbons (Fsp3) is 0.286. The van der Waals surface area contributed by atoms with E-state index in [-0.39, 0.29) is 17.2 Å². The highest BCUT2D eigenvalue weighted by molar-refractivity contribution is 7.92. The van der Waals surface area contributed by atoms with Gasteiger partial charge >= 0.3 is 0 Å².